The van der Waals surface area contributed by atoms with Crippen LogP contribution < -0.4 is 5.32 Å². The molecule has 0 saturated carbocycles. The van der Waals surface area contributed by atoms with Crippen LogP contribution in [0, 0.1) is 0 Å². The van der Waals surface area contributed by atoms with Crippen LogP contribution in [0.25, 0.3) is 11.0 Å². The van der Waals surface area contributed by atoms with Crippen molar-refractivity contribution in [1.29, 1.82) is 0 Å². The number of rotatable bonds is 2. The lowest BCUT2D eigenvalue weighted by atomic mass is 10.1. The van der Waals surface area contributed by atoms with E-state index in [1.54, 1.807) is 0 Å². The number of fused-ring (bicyclic) bond motifs is 3. The summed E-state index contributed by atoms with van der Waals surface area (Å²) < 4.78 is 0. The van der Waals surface area contributed by atoms with E-state index in [4.69, 9.17) is 0 Å². The Kier molecular flexibility index (Phi) is 2.78. The zero-order valence-electron chi connectivity index (χ0n) is 11.1. The molecule has 2 fully saturated rings. The smallest absolute Gasteiger partial charge is 0.121 e. The predicted molar refractivity (Wildman–Crippen MR) is 75.9 cm³/mol. The molecule has 3 heterocycles. The first kappa shape index (κ1) is 11.4. The van der Waals surface area contributed by atoms with E-state index >= 15 is 0 Å². The van der Waals surface area contributed by atoms with Crippen LogP contribution in [0.2, 0.25) is 0 Å². The SMILES string of the molecule is c1ccc2[nH]c(CN3CCC4CCC(C3)N4)nc2c1. The molecule has 4 nitrogen and oxygen atoms in total. The fourth-order valence-corrected chi connectivity index (χ4v) is 3.45. The molecule has 19 heavy (non-hydrogen) atoms. The van der Waals surface area contributed by atoms with Crippen molar-refractivity contribution in [1.82, 2.24) is 20.2 Å². The number of nitrogens with zero attached hydrogens (tertiary/aromatic N) is 2. The van der Waals surface area contributed by atoms with Crippen molar-refractivity contribution >= 4 is 11.0 Å². The molecule has 0 radical (unpaired) electrons. The molecule has 2 unspecified atom stereocenters. The third-order valence-electron chi connectivity index (χ3n) is 4.42. The van der Waals surface area contributed by atoms with Gasteiger partial charge in [0.05, 0.1) is 17.6 Å². The number of hydrogen-bond acceptors (Lipinski definition) is 3. The number of aromatic amines is 1. The first-order valence-corrected chi connectivity index (χ1v) is 7.29. The summed E-state index contributed by atoms with van der Waals surface area (Å²) in [6.07, 6.45) is 3.97. The number of likely N-dealkylation sites (tertiary alicyclic amines) is 1. The lowest BCUT2D eigenvalue weighted by Crippen LogP contribution is -2.35. The molecule has 0 spiro atoms. The van der Waals surface area contributed by atoms with Crippen molar-refractivity contribution in [3.05, 3.63) is 30.1 Å². The van der Waals surface area contributed by atoms with Gasteiger partial charge in [-0.15, -0.1) is 0 Å². The minimum absolute atomic E-state index is 0.692. The minimum Gasteiger partial charge on any atom is -0.341 e. The molecule has 2 saturated heterocycles. The number of para-hydroxylation sites is 2. The lowest BCUT2D eigenvalue weighted by Gasteiger charge is -2.22. The molecule has 2 N–H and O–H groups in total. The number of nitrogens with one attached hydrogen (secondary N) is 2. The summed E-state index contributed by atoms with van der Waals surface area (Å²) in [6.45, 7) is 3.29. The molecular formula is C15H20N4. The Morgan fingerprint density at radius 2 is 2.05 bits per heavy atom. The van der Waals surface area contributed by atoms with Gasteiger partial charge in [0.1, 0.15) is 5.82 Å². The van der Waals surface area contributed by atoms with Crippen LogP contribution in [0.5, 0.6) is 0 Å². The van der Waals surface area contributed by atoms with Gasteiger partial charge in [-0.25, -0.2) is 4.98 Å². The highest BCUT2D eigenvalue weighted by molar-refractivity contribution is 5.74. The van der Waals surface area contributed by atoms with Crippen LogP contribution in [0.3, 0.4) is 0 Å². The Morgan fingerprint density at radius 1 is 1.16 bits per heavy atom. The highest BCUT2D eigenvalue weighted by atomic mass is 15.2. The zero-order valence-corrected chi connectivity index (χ0v) is 11.1. The first-order valence-electron chi connectivity index (χ1n) is 7.29. The first-order chi connectivity index (χ1) is 9.37. The van der Waals surface area contributed by atoms with Gasteiger partial charge in [0, 0.05) is 25.2 Å². The number of hydrogen-bond donors (Lipinski definition) is 2. The molecule has 4 heteroatoms. The van der Waals surface area contributed by atoms with E-state index in [2.05, 4.69) is 38.4 Å². The van der Waals surface area contributed by atoms with Crippen LogP contribution in [-0.2, 0) is 6.54 Å². The molecule has 0 amide bonds. The lowest BCUT2D eigenvalue weighted by molar-refractivity contribution is 0.246. The van der Waals surface area contributed by atoms with Crippen molar-refractivity contribution in [2.45, 2.75) is 37.9 Å². The molecule has 100 valence electrons. The second-order valence-electron chi connectivity index (χ2n) is 5.86. The highest BCUT2D eigenvalue weighted by Gasteiger charge is 2.29. The fourth-order valence-electron chi connectivity index (χ4n) is 3.45. The van der Waals surface area contributed by atoms with Crippen LogP contribution >= 0.6 is 0 Å². The van der Waals surface area contributed by atoms with Crippen molar-refractivity contribution < 1.29 is 0 Å². The summed E-state index contributed by atoms with van der Waals surface area (Å²) in [5.41, 5.74) is 2.22. The molecular weight excluding hydrogens is 236 g/mol. The maximum Gasteiger partial charge on any atom is 0.121 e. The van der Waals surface area contributed by atoms with Crippen molar-refractivity contribution in [3.63, 3.8) is 0 Å². The van der Waals surface area contributed by atoms with Gasteiger partial charge in [-0.05, 0) is 31.4 Å². The van der Waals surface area contributed by atoms with E-state index < -0.39 is 0 Å². The minimum atomic E-state index is 0.692. The Morgan fingerprint density at radius 3 is 3.00 bits per heavy atom. The average Bonchev–Trinajstić information content (AvgIpc) is 2.95. The monoisotopic (exact) mass is 256 g/mol. The third kappa shape index (κ3) is 2.26. The van der Waals surface area contributed by atoms with E-state index in [1.807, 2.05) is 6.07 Å². The number of aromatic nitrogens is 2. The Bertz CT molecular complexity index is 543. The van der Waals surface area contributed by atoms with Gasteiger partial charge < -0.3 is 10.3 Å². The molecule has 2 aromatic rings. The molecule has 2 atom stereocenters. The summed E-state index contributed by atoms with van der Waals surface area (Å²) in [5, 5.41) is 3.72. The zero-order chi connectivity index (χ0) is 12.7. The topological polar surface area (TPSA) is 44.0 Å². The molecule has 0 aliphatic carbocycles. The summed E-state index contributed by atoms with van der Waals surface area (Å²) in [7, 11) is 0. The van der Waals surface area contributed by atoms with Crippen LogP contribution in [0.15, 0.2) is 24.3 Å². The fraction of sp³-hybridized carbons (Fsp3) is 0.533. The van der Waals surface area contributed by atoms with E-state index in [0.717, 1.165) is 36.0 Å². The van der Waals surface area contributed by atoms with Gasteiger partial charge in [0.15, 0.2) is 0 Å². The Balaban J connectivity index is 1.51. The molecule has 1 aromatic heterocycles. The number of imidazole rings is 1. The molecule has 2 bridgehead atoms. The number of H-pyrrole nitrogens is 1. The van der Waals surface area contributed by atoms with Gasteiger partial charge in [-0.1, -0.05) is 12.1 Å². The van der Waals surface area contributed by atoms with Gasteiger partial charge in [0.25, 0.3) is 0 Å². The summed E-state index contributed by atoms with van der Waals surface area (Å²) in [6, 6.07) is 9.71. The highest BCUT2D eigenvalue weighted by Crippen LogP contribution is 2.21. The predicted octanol–water partition coefficient (Wildman–Crippen LogP) is 1.89. The van der Waals surface area contributed by atoms with Crippen molar-refractivity contribution in [2.75, 3.05) is 13.1 Å². The second-order valence-corrected chi connectivity index (χ2v) is 5.86. The largest absolute Gasteiger partial charge is 0.341 e. The second kappa shape index (κ2) is 4.62. The molecule has 1 aromatic carbocycles. The van der Waals surface area contributed by atoms with E-state index in [-0.39, 0.29) is 0 Å². The van der Waals surface area contributed by atoms with E-state index in [0.29, 0.717) is 6.04 Å². The van der Waals surface area contributed by atoms with E-state index in [9.17, 15) is 0 Å². The summed E-state index contributed by atoms with van der Waals surface area (Å²) in [5.74, 6) is 1.10. The Hall–Kier alpha value is -1.39. The standard InChI is InChI=1S/C15H20N4/c1-2-4-14-13(3-1)17-15(18-14)10-19-8-7-11-5-6-12(9-19)16-11/h1-4,11-12,16H,5-10H2,(H,17,18). The van der Waals surface area contributed by atoms with E-state index in [1.165, 1.54) is 25.8 Å². The van der Waals surface area contributed by atoms with Gasteiger partial charge in [-0.2, -0.15) is 0 Å². The van der Waals surface area contributed by atoms with Gasteiger partial charge in [0.2, 0.25) is 0 Å². The van der Waals surface area contributed by atoms with Crippen LogP contribution in [0.4, 0.5) is 0 Å². The molecule has 4 rings (SSSR count). The molecule has 2 aliphatic heterocycles. The maximum atomic E-state index is 4.68. The third-order valence-corrected chi connectivity index (χ3v) is 4.42. The molecule has 2 aliphatic rings. The quantitative estimate of drug-likeness (QED) is 0.862. The summed E-state index contributed by atoms with van der Waals surface area (Å²) >= 11 is 0. The normalized spacial score (nSPS) is 27.8. The number of benzene rings is 1. The van der Waals surface area contributed by atoms with Crippen LogP contribution in [-0.4, -0.2) is 40.0 Å². The Labute approximate surface area is 113 Å². The van der Waals surface area contributed by atoms with Crippen molar-refractivity contribution in [3.8, 4) is 0 Å². The van der Waals surface area contributed by atoms with Gasteiger partial charge in [-0.3, -0.25) is 4.90 Å². The van der Waals surface area contributed by atoms with Gasteiger partial charge >= 0.3 is 0 Å². The summed E-state index contributed by atoms with van der Waals surface area (Å²) in [4.78, 5) is 10.7. The average molecular weight is 256 g/mol. The maximum absolute atomic E-state index is 4.68. The van der Waals surface area contributed by atoms with Crippen LogP contribution in [0.1, 0.15) is 25.1 Å². The van der Waals surface area contributed by atoms with Crippen molar-refractivity contribution in [2.24, 2.45) is 0 Å².